The number of hydrogen-bond donors (Lipinski definition) is 1. The van der Waals surface area contributed by atoms with Crippen LogP contribution in [0.4, 0.5) is 5.69 Å². The molecular weight excluding hydrogens is 210 g/mol. The average Bonchev–Trinajstić information content (AvgIpc) is 2.26. The molecule has 1 atom stereocenters. The predicted molar refractivity (Wildman–Crippen MR) is 65.5 cm³/mol. The Bertz CT molecular complexity index is 327. The maximum absolute atomic E-state index is 9.76. The van der Waals surface area contributed by atoms with Gasteiger partial charge in [0.15, 0.2) is 0 Å². The Morgan fingerprint density at radius 1 is 1.40 bits per heavy atom. The van der Waals surface area contributed by atoms with Gasteiger partial charge in [0.2, 0.25) is 0 Å². The number of rotatable bonds is 4. The third kappa shape index (κ3) is 2.86. The molecule has 1 unspecified atom stereocenters. The predicted octanol–water partition coefficient (Wildman–Crippen LogP) is 3.07. The molecule has 1 aromatic rings. The summed E-state index contributed by atoms with van der Waals surface area (Å²) in [4.78, 5) is 1.88. The summed E-state index contributed by atoms with van der Waals surface area (Å²) in [5.41, 5.74) is 2.22. The van der Waals surface area contributed by atoms with Gasteiger partial charge in [-0.25, -0.2) is 0 Å². The zero-order chi connectivity index (χ0) is 11.4. The highest BCUT2D eigenvalue weighted by atomic mass is 35.5. The molecule has 2 nitrogen and oxygen atoms in total. The first-order valence-corrected chi connectivity index (χ1v) is 5.67. The van der Waals surface area contributed by atoms with Gasteiger partial charge in [0.1, 0.15) is 6.23 Å². The van der Waals surface area contributed by atoms with Crippen molar-refractivity contribution in [2.75, 3.05) is 11.9 Å². The molecule has 0 aromatic heterocycles. The van der Waals surface area contributed by atoms with Crippen LogP contribution in [-0.4, -0.2) is 18.4 Å². The van der Waals surface area contributed by atoms with Crippen molar-refractivity contribution < 1.29 is 5.11 Å². The Labute approximate surface area is 96.5 Å². The maximum atomic E-state index is 9.76. The molecule has 0 amide bonds. The van der Waals surface area contributed by atoms with Gasteiger partial charge in [-0.1, -0.05) is 25.4 Å². The van der Waals surface area contributed by atoms with Crippen molar-refractivity contribution in [2.45, 2.75) is 32.9 Å². The van der Waals surface area contributed by atoms with E-state index in [1.54, 1.807) is 0 Å². The first-order valence-electron chi connectivity index (χ1n) is 5.29. The topological polar surface area (TPSA) is 23.5 Å². The molecule has 1 N–H and O–H groups in total. The summed E-state index contributed by atoms with van der Waals surface area (Å²) >= 11 is 5.93. The lowest BCUT2D eigenvalue weighted by Gasteiger charge is -2.27. The summed E-state index contributed by atoms with van der Waals surface area (Å²) in [6.07, 6.45) is 1.19. The molecule has 0 spiro atoms. The highest BCUT2D eigenvalue weighted by Crippen LogP contribution is 2.25. The molecule has 0 bridgehead atoms. The fourth-order valence-electron chi connectivity index (χ4n) is 1.62. The van der Waals surface area contributed by atoms with Crippen LogP contribution in [0.5, 0.6) is 0 Å². The van der Waals surface area contributed by atoms with Crippen molar-refractivity contribution in [3.63, 3.8) is 0 Å². The van der Waals surface area contributed by atoms with Crippen LogP contribution in [0.25, 0.3) is 0 Å². The number of halogens is 1. The largest absolute Gasteiger partial charge is 0.374 e. The highest BCUT2D eigenvalue weighted by Gasteiger charge is 2.12. The zero-order valence-electron chi connectivity index (χ0n) is 9.50. The monoisotopic (exact) mass is 227 g/mol. The molecule has 0 aliphatic rings. The molecule has 1 aromatic carbocycles. The van der Waals surface area contributed by atoms with Crippen molar-refractivity contribution in [1.82, 2.24) is 0 Å². The van der Waals surface area contributed by atoms with Gasteiger partial charge in [-0.3, -0.25) is 0 Å². The lowest BCUT2D eigenvalue weighted by molar-refractivity contribution is 0.170. The lowest BCUT2D eigenvalue weighted by atomic mass is 10.1. The van der Waals surface area contributed by atoms with Gasteiger partial charge in [0, 0.05) is 17.8 Å². The number of anilines is 1. The number of aliphatic hydroxyl groups is 1. The Kier molecular flexibility index (Phi) is 4.43. The smallest absolute Gasteiger partial charge is 0.126 e. The standard InChI is InChI=1S/C12H18ClNO/c1-4-9-8-10(13)6-7-11(9)14(3)12(15)5-2/h6-8,12,15H,4-5H2,1-3H3. The second-order valence-corrected chi connectivity index (χ2v) is 4.06. The molecule has 0 aliphatic heterocycles. The van der Waals surface area contributed by atoms with Gasteiger partial charge in [0.05, 0.1) is 0 Å². The number of aryl methyl sites for hydroxylation is 1. The van der Waals surface area contributed by atoms with Crippen LogP contribution in [0.1, 0.15) is 25.8 Å². The number of benzene rings is 1. The van der Waals surface area contributed by atoms with Crippen LogP contribution < -0.4 is 4.90 Å². The summed E-state index contributed by atoms with van der Waals surface area (Å²) in [6.45, 7) is 4.05. The van der Waals surface area contributed by atoms with Gasteiger partial charge in [-0.15, -0.1) is 0 Å². The maximum Gasteiger partial charge on any atom is 0.126 e. The Morgan fingerprint density at radius 2 is 2.07 bits per heavy atom. The zero-order valence-corrected chi connectivity index (χ0v) is 10.3. The number of aliphatic hydroxyl groups excluding tert-OH is 1. The van der Waals surface area contributed by atoms with Gasteiger partial charge >= 0.3 is 0 Å². The summed E-state index contributed by atoms with van der Waals surface area (Å²) in [5, 5.41) is 10.5. The minimum absolute atomic E-state index is 0.434. The molecule has 1 rings (SSSR count). The lowest BCUT2D eigenvalue weighted by Crippen LogP contribution is -2.31. The Balaban J connectivity index is 3.02. The Morgan fingerprint density at radius 3 is 2.60 bits per heavy atom. The fraction of sp³-hybridized carbons (Fsp3) is 0.500. The van der Waals surface area contributed by atoms with E-state index in [2.05, 4.69) is 6.92 Å². The first-order chi connectivity index (χ1) is 7.10. The van der Waals surface area contributed by atoms with Crippen LogP contribution in [0.2, 0.25) is 5.02 Å². The second kappa shape index (κ2) is 5.38. The summed E-state index contributed by atoms with van der Waals surface area (Å²) < 4.78 is 0. The number of nitrogens with zero attached hydrogens (tertiary/aromatic N) is 1. The average molecular weight is 228 g/mol. The molecule has 0 heterocycles. The first kappa shape index (κ1) is 12.3. The SMILES string of the molecule is CCc1cc(Cl)ccc1N(C)C(O)CC. The molecular formula is C12H18ClNO. The van der Waals surface area contributed by atoms with Crippen molar-refractivity contribution in [3.8, 4) is 0 Å². The Hall–Kier alpha value is -0.730. The van der Waals surface area contributed by atoms with Crippen molar-refractivity contribution in [2.24, 2.45) is 0 Å². The van der Waals surface area contributed by atoms with E-state index in [0.717, 1.165) is 22.7 Å². The van der Waals surface area contributed by atoms with E-state index >= 15 is 0 Å². The molecule has 0 saturated carbocycles. The molecule has 15 heavy (non-hydrogen) atoms. The van der Waals surface area contributed by atoms with E-state index in [-0.39, 0.29) is 0 Å². The van der Waals surface area contributed by atoms with Gasteiger partial charge in [-0.05, 0) is 36.6 Å². The molecule has 0 fully saturated rings. The normalized spacial score (nSPS) is 12.6. The summed E-state index contributed by atoms with van der Waals surface area (Å²) in [6, 6.07) is 5.77. The molecule has 0 radical (unpaired) electrons. The quantitative estimate of drug-likeness (QED) is 0.800. The minimum atomic E-state index is -0.434. The van der Waals surface area contributed by atoms with Crippen molar-refractivity contribution in [3.05, 3.63) is 28.8 Å². The van der Waals surface area contributed by atoms with E-state index in [0.29, 0.717) is 6.42 Å². The van der Waals surface area contributed by atoms with Crippen LogP contribution in [0.15, 0.2) is 18.2 Å². The molecule has 3 heteroatoms. The highest BCUT2D eigenvalue weighted by molar-refractivity contribution is 6.30. The second-order valence-electron chi connectivity index (χ2n) is 3.63. The van der Waals surface area contributed by atoms with Crippen LogP contribution in [0, 0.1) is 0 Å². The molecule has 0 aliphatic carbocycles. The van der Waals surface area contributed by atoms with E-state index in [1.165, 1.54) is 0 Å². The van der Waals surface area contributed by atoms with Crippen molar-refractivity contribution >= 4 is 17.3 Å². The van der Waals surface area contributed by atoms with Crippen molar-refractivity contribution in [1.29, 1.82) is 0 Å². The van der Waals surface area contributed by atoms with Crippen LogP contribution in [-0.2, 0) is 6.42 Å². The molecule has 0 saturated heterocycles. The summed E-state index contributed by atoms with van der Waals surface area (Å²) in [7, 11) is 1.90. The van der Waals surface area contributed by atoms with Gasteiger partial charge in [-0.2, -0.15) is 0 Å². The van der Waals surface area contributed by atoms with Crippen LogP contribution in [0.3, 0.4) is 0 Å². The van der Waals surface area contributed by atoms with Gasteiger partial charge in [0.25, 0.3) is 0 Å². The van der Waals surface area contributed by atoms with E-state index in [1.807, 2.05) is 37.1 Å². The van der Waals surface area contributed by atoms with Crippen LogP contribution >= 0.6 is 11.6 Å². The minimum Gasteiger partial charge on any atom is -0.374 e. The molecule has 84 valence electrons. The van der Waals surface area contributed by atoms with E-state index in [4.69, 9.17) is 11.6 Å². The third-order valence-electron chi connectivity index (χ3n) is 2.61. The third-order valence-corrected chi connectivity index (χ3v) is 2.85. The fourth-order valence-corrected chi connectivity index (χ4v) is 1.81. The van der Waals surface area contributed by atoms with E-state index in [9.17, 15) is 5.11 Å². The summed E-state index contributed by atoms with van der Waals surface area (Å²) in [5.74, 6) is 0. The number of hydrogen-bond acceptors (Lipinski definition) is 2. The van der Waals surface area contributed by atoms with Gasteiger partial charge < -0.3 is 10.0 Å². The van der Waals surface area contributed by atoms with E-state index < -0.39 is 6.23 Å².